The Bertz CT molecular complexity index is 1120. The van der Waals surface area contributed by atoms with Gasteiger partial charge in [-0.15, -0.1) is 21.5 Å². The standard InChI is InChI=1S/C22H22N4OS2/c1-4-26-20(18-11-7-8-12-19(18)27-3)24-25-22(26)29-14-16-13-28-21(23-16)17-10-6-5-9-15(17)2/h5-13H,4,14H2,1-3H3. The zero-order valence-corrected chi connectivity index (χ0v) is 18.3. The second kappa shape index (κ2) is 8.80. The summed E-state index contributed by atoms with van der Waals surface area (Å²) in [5.41, 5.74) is 4.45. The van der Waals surface area contributed by atoms with Gasteiger partial charge in [-0.1, -0.05) is 48.2 Å². The van der Waals surface area contributed by atoms with Gasteiger partial charge in [0.1, 0.15) is 10.8 Å². The molecule has 0 spiro atoms. The van der Waals surface area contributed by atoms with Gasteiger partial charge in [0.2, 0.25) is 0 Å². The lowest BCUT2D eigenvalue weighted by molar-refractivity contribution is 0.416. The molecule has 148 valence electrons. The highest BCUT2D eigenvalue weighted by Crippen LogP contribution is 2.33. The third kappa shape index (κ3) is 4.06. The third-order valence-electron chi connectivity index (χ3n) is 4.66. The zero-order valence-electron chi connectivity index (χ0n) is 16.6. The number of aromatic nitrogens is 4. The van der Waals surface area contributed by atoms with Crippen LogP contribution in [0.4, 0.5) is 0 Å². The van der Waals surface area contributed by atoms with E-state index in [-0.39, 0.29) is 0 Å². The minimum Gasteiger partial charge on any atom is -0.496 e. The van der Waals surface area contributed by atoms with Crippen LogP contribution in [-0.2, 0) is 12.3 Å². The zero-order chi connectivity index (χ0) is 20.2. The lowest BCUT2D eigenvalue weighted by Gasteiger charge is -2.10. The van der Waals surface area contributed by atoms with Crippen molar-refractivity contribution in [2.45, 2.75) is 31.3 Å². The predicted molar refractivity (Wildman–Crippen MR) is 120 cm³/mol. The number of methoxy groups -OCH3 is 1. The van der Waals surface area contributed by atoms with Crippen LogP contribution in [0.5, 0.6) is 5.75 Å². The van der Waals surface area contributed by atoms with E-state index in [1.807, 2.05) is 24.3 Å². The Labute approximate surface area is 178 Å². The molecule has 0 aliphatic carbocycles. The molecule has 0 fully saturated rings. The van der Waals surface area contributed by atoms with Gasteiger partial charge < -0.3 is 9.30 Å². The SMILES string of the molecule is CCn1c(SCc2csc(-c3ccccc3C)n2)nnc1-c1ccccc1OC. The monoisotopic (exact) mass is 422 g/mol. The van der Waals surface area contributed by atoms with E-state index in [1.165, 1.54) is 11.1 Å². The molecule has 0 N–H and O–H groups in total. The maximum absolute atomic E-state index is 5.50. The van der Waals surface area contributed by atoms with E-state index in [0.717, 1.165) is 45.3 Å². The van der Waals surface area contributed by atoms with E-state index in [9.17, 15) is 0 Å². The Morgan fingerprint density at radius 2 is 1.79 bits per heavy atom. The van der Waals surface area contributed by atoms with Crippen molar-refractivity contribution in [1.82, 2.24) is 19.7 Å². The molecule has 2 aromatic carbocycles. The lowest BCUT2D eigenvalue weighted by atomic mass is 10.1. The van der Waals surface area contributed by atoms with Crippen molar-refractivity contribution < 1.29 is 4.74 Å². The Hall–Kier alpha value is -2.64. The fourth-order valence-corrected chi connectivity index (χ4v) is 5.07. The van der Waals surface area contributed by atoms with E-state index in [4.69, 9.17) is 9.72 Å². The Morgan fingerprint density at radius 1 is 1.03 bits per heavy atom. The average molecular weight is 423 g/mol. The van der Waals surface area contributed by atoms with Crippen LogP contribution in [0.25, 0.3) is 22.0 Å². The fourth-order valence-electron chi connectivity index (χ4n) is 3.16. The van der Waals surface area contributed by atoms with Gasteiger partial charge in [0, 0.05) is 23.2 Å². The normalized spacial score (nSPS) is 11.0. The molecule has 7 heteroatoms. The first-order valence-electron chi connectivity index (χ1n) is 9.41. The van der Waals surface area contributed by atoms with Gasteiger partial charge in [0.25, 0.3) is 0 Å². The first-order valence-corrected chi connectivity index (χ1v) is 11.3. The second-order valence-electron chi connectivity index (χ2n) is 6.50. The van der Waals surface area contributed by atoms with Crippen LogP contribution in [0.3, 0.4) is 0 Å². The first-order chi connectivity index (χ1) is 14.2. The van der Waals surface area contributed by atoms with Crippen LogP contribution in [0.15, 0.2) is 59.1 Å². The molecule has 2 heterocycles. The van der Waals surface area contributed by atoms with Crippen molar-refractivity contribution in [1.29, 1.82) is 0 Å². The van der Waals surface area contributed by atoms with Crippen molar-refractivity contribution in [3.8, 4) is 27.7 Å². The number of aryl methyl sites for hydroxylation is 1. The number of thioether (sulfide) groups is 1. The van der Waals surface area contributed by atoms with Gasteiger partial charge in [0.15, 0.2) is 11.0 Å². The molecule has 0 atom stereocenters. The van der Waals surface area contributed by atoms with Crippen molar-refractivity contribution in [3.05, 3.63) is 65.2 Å². The van der Waals surface area contributed by atoms with Crippen LogP contribution >= 0.6 is 23.1 Å². The minimum atomic E-state index is 0.756. The summed E-state index contributed by atoms with van der Waals surface area (Å²) < 4.78 is 7.62. The Kier molecular flexibility index (Phi) is 5.97. The number of ether oxygens (including phenoxy) is 1. The highest BCUT2D eigenvalue weighted by Gasteiger charge is 2.17. The molecule has 29 heavy (non-hydrogen) atoms. The van der Waals surface area contributed by atoms with E-state index < -0.39 is 0 Å². The van der Waals surface area contributed by atoms with E-state index in [1.54, 1.807) is 30.2 Å². The summed E-state index contributed by atoms with van der Waals surface area (Å²) >= 11 is 3.34. The van der Waals surface area contributed by atoms with Crippen LogP contribution in [0.1, 0.15) is 18.2 Å². The molecule has 0 unspecified atom stereocenters. The molecule has 0 bridgehead atoms. The van der Waals surface area contributed by atoms with Gasteiger partial charge in [-0.25, -0.2) is 4.98 Å². The first kappa shape index (κ1) is 19.7. The van der Waals surface area contributed by atoms with Crippen molar-refractivity contribution in [2.75, 3.05) is 7.11 Å². The van der Waals surface area contributed by atoms with Crippen molar-refractivity contribution in [2.24, 2.45) is 0 Å². The smallest absolute Gasteiger partial charge is 0.191 e. The molecule has 2 aromatic heterocycles. The van der Waals surface area contributed by atoms with E-state index in [0.29, 0.717) is 0 Å². The van der Waals surface area contributed by atoms with Gasteiger partial charge >= 0.3 is 0 Å². The summed E-state index contributed by atoms with van der Waals surface area (Å²) in [5, 5.41) is 12.9. The van der Waals surface area contributed by atoms with E-state index in [2.05, 4.69) is 58.3 Å². The summed E-state index contributed by atoms with van der Waals surface area (Å²) in [7, 11) is 1.68. The predicted octanol–water partition coefficient (Wildman–Crippen LogP) is 5.70. The molecule has 0 aliphatic rings. The third-order valence-corrected chi connectivity index (χ3v) is 6.58. The maximum atomic E-state index is 5.50. The molecular formula is C22H22N4OS2. The number of para-hydroxylation sites is 1. The summed E-state index contributed by atoms with van der Waals surface area (Å²) in [6.45, 7) is 5.01. The summed E-state index contributed by atoms with van der Waals surface area (Å²) in [5.74, 6) is 2.38. The minimum absolute atomic E-state index is 0.756. The Balaban J connectivity index is 1.54. The average Bonchev–Trinajstić information content (AvgIpc) is 3.39. The summed E-state index contributed by atoms with van der Waals surface area (Å²) in [4.78, 5) is 4.82. The van der Waals surface area contributed by atoms with Gasteiger partial charge in [-0.05, 0) is 31.5 Å². The molecule has 5 nitrogen and oxygen atoms in total. The number of hydrogen-bond acceptors (Lipinski definition) is 6. The van der Waals surface area contributed by atoms with Crippen molar-refractivity contribution >= 4 is 23.1 Å². The molecular weight excluding hydrogens is 400 g/mol. The highest BCUT2D eigenvalue weighted by molar-refractivity contribution is 7.98. The number of hydrogen-bond donors (Lipinski definition) is 0. The molecule has 0 saturated heterocycles. The summed E-state index contributed by atoms with van der Waals surface area (Å²) in [6.07, 6.45) is 0. The molecule has 0 radical (unpaired) electrons. The Morgan fingerprint density at radius 3 is 2.55 bits per heavy atom. The number of benzene rings is 2. The topological polar surface area (TPSA) is 52.8 Å². The molecule has 4 rings (SSSR count). The van der Waals surface area contributed by atoms with Gasteiger partial charge in [-0.2, -0.15) is 0 Å². The largest absolute Gasteiger partial charge is 0.496 e. The number of nitrogens with zero attached hydrogens (tertiary/aromatic N) is 4. The molecule has 4 aromatic rings. The van der Waals surface area contributed by atoms with Crippen LogP contribution in [0.2, 0.25) is 0 Å². The van der Waals surface area contributed by atoms with Gasteiger partial charge in [0.05, 0.1) is 18.4 Å². The van der Waals surface area contributed by atoms with Gasteiger partial charge in [-0.3, -0.25) is 0 Å². The molecule has 0 aliphatic heterocycles. The fraction of sp³-hybridized carbons (Fsp3) is 0.227. The second-order valence-corrected chi connectivity index (χ2v) is 8.30. The van der Waals surface area contributed by atoms with Crippen LogP contribution in [-0.4, -0.2) is 26.9 Å². The number of rotatable bonds is 7. The lowest BCUT2D eigenvalue weighted by Crippen LogP contribution is -2.01. The van der Waals surface area contributed by atoms with Crippen LogP contribution < -0.4 is 4.74 Å². The highest BCUT2D eigenvalue weighted by atomic mass is 32.2. The molecule has 0 saturated carbocycles. The van der Waals surface area contributed by atoms with Crippen molar-refractivity contribution in [3.63, 3.8) is 0 Å². The van der Waals surface area contributed by atoms with Crippen LogP contribution in [0, 0.1) is 6.92 Å². The number of thiazole rings is 1. The quantitative estimate of drug-likeness (QED) is 0.358. The maximum Gasteiger partial charge on any atom is 0.191 e. The molecule has 0 amide bonds. The van der Waals surface area contributed by atoms with E-state index >= 15 is 0 Å². The summed E-state index contributed by atoms with van der Waals surface area (Å²) in [6, 6.07) is 16.3.